The largest absolute Gasteiger partial charge is 0.444 e. The van der Waals surface area contributed by atoms with Crippen molar-refractivity contribution < 1.29 is 27.5 Å². The number of anilines is 1. The summed E-state index contributed by atoms with van der Waals surface area (Å²) in [6.45, 7) is 4.02. The Balaban J connectivity index is 1.22. The minimum atomic E-state index is -3.89. The standard InChI is InChI=1S/C26H28N4O6S/c1-18-16-29(26(32)36-22-11-15-35-17-22)13-14-30(18)25(31)20-7-9-21(10-8-20)28-37(33,34)23-6-2-4-19-5-3-12-27-24(19)23/h2-10,12,18,22,28H,11,13-17H2,1H3/t18?,22-/m0/s1. The van der Waals surface area contributed by atoms with E-state index in [1.165, 1.54) is 6.07 Å². The van der Waals surface area contributed by atoms with Crippen LogP contribution in [-0.2, 0) is 19.5 Å². The van der Waals surface area contributed by atoms with Crippen LogP contribution in [0.1, 0.15) is 23.7 Å². The summed E-state index contributed by atoms with van der Waals surface area (Å²) in [6, 6.07) is 14.6. The molecule has 2 aromatic carbocycles. The van der Waals surface area contributed by atoms with Gasteiger partial charge in [0, 0.05) is 54.9 Å². The van der Waals surface area contributed by atoms with E-state index < -0.39 is 10.0 Å². The van der Waals surface area contributed by atoms with Gasteiger partial charge in [-0.3, -0.25) is 14.5 Å². The van der Waals surface area contributed by atoms with Gasteiger partial charge in [-0.2, -0.15) is 0 Å². The number of benzene rings is 2. The van der Waals surface area contributed by atoms with E-state index >= 15 is 0 Å². The normalized spacial score (nSPS) is 20.1. The summed E-state index contributed by atoms with van der Waals surface area (Å²) in [7, 11) is -3.89. The molecule has 2 aliphatic rings. The molecule has 0 bridgehead atoms. The number of carbonyl (C=O) groups excluding carboxylic acids is 2. The molecule has 5 rings (SSSR count). The third-order valence-electron chi connectivity index (χ3n) is 6.57. The van der Waals surface area contributed by atoms with Crippen LogP contribution in [0.5, 0.6) is 0 Å². The Kier molecular flexibility index (Phi) is 6.98. The van der Waals surface area contributed by atoms with Crippen LogP contribution in [0.25, 0.3) is 10.9 Å². The zero-order valence-corrected chi connectivity index (χ0v) is 21.2. The summed E-state index contributed by atoms with van der Waals surface area (Å²) in [6.07, 6.45) is 1.66. The van der Waals surface area contributed by atoms with Crippen LogP contribution in [0.4, 0.5) is 10.5 Å². The van der Waals surface area contributed by atoms with Gasteiger partial charge in [-0.05, 0) is 43.3 Å². The number of rotatable bonds is 5. The van der Waals surface area contributed by atoms with E-state index in [9.17, 15) is 18.0 Å². The number of carbonyl (C=O) groups is 2. The maximum atomic E-state index is 13.2. The van der Waals surface area contributed by atoms with E-state index in [1.54, 1.807) is 64.5 Å². The zero-order chi connectivity index (χ0) is 26.0. The fraction of sp³-hybridized carbons (Fsp3) is 0.346. The Labute approximate surface area is 215 Å². The summed E-state index contributed by atoms with van der Waals surface area (Å²) in [5, 5.41) is 0.723. The van der Waals surface area contributed by atoms with Crippen molar-refractivity contribution >= 4 is 38.6 Å². The minimum Gasteiger partial charge on any atom is -0.444 e. The van der Waals surface area contributed by atoms with Crippen LogP contribution >= 0.6 is 0 Å². The SMILES string of the molecule is CC1CN(C(=O)O[C@H]2CCOC2)CCN1C(=O)c1ccc(NS(=O)(=O)c2cccc3cccnc23)cc1. The van der Waals surface area contributed by atoms with Gasteiger partial charge in [0.15, 0.2) is 0 Å². The molecule has 0 saturated carbocycles. The average molecular weight is 525 g/mol. The quantitative estimate of drug-likeness (QED) is 0.545. The molecule has 1 aromatic heterocycles. The van der Waals surface area contributed by atoms with Crippen LogP contribution in [0.2, 0.25) is 0 Å². The topological polar surface area (TPSA) is 118 Å². The minimum absolute atomic E-state index is 0.0800. The number of ether oxygens (including phenoxy) is 2. The summed E-state index contributed by atoms with van der Waals surface area (Å²) in [4.78, 5) is 33.2. The van der Waals surface area contributed by atoms with Crippen LogP contribution in [0, 0.1) is 0 Å². The summed E-state index contributed by atoms with van der Waals surface area (Å²) in [5.74, 6) is -0.183. The van der Waals surface area contributed by atoms with Crippen LogP contribution in [0.15, 0.2) is 65.7 Å². The van der Waals surface area contributed by atoms with Gasteiger partial charge in [0.05, 0.1) is 18.7 Å². The summed E-state index contributed by atoms with van der Waals surface area (Å²) < 4.78 is 39.4. The molecule has 2 aliphatic heterocycles. The monoisotopic (exact) mass is 524 g/mol. The number of amides is 2. The number of nitrogens with zero attached hydrogens (tertiary/aromatic N) is 3. The lowest BCUT2D eigenvalue weighted by molar-refractivity contribution is 0.0258. The molecule has 10 nitrogen and oxygen atoms in total. The number of nitrogens with one attached hydrogen (secondary N) is 1. The zero-order valence-electron chi connectivity index (χ0n) is 20.4. The van der Waals surface area contributed by atoms with Crippen molar-refractivity contribution in [3.63, 3.8) is 0 Å². The molecule has 2 saturated heterocycles. The lowest BCUT2D eigenvalue weighted by Gasteiger charge is -2.39. The van der Waals surface area contributed by atoms with Crippen molar-refractivity contribution in [3.8, 4) is 0 Å². The number of para-hydroxylation sites is 1. The Bertz CT molecular complexity index is 1400. The third-order valence-corrected chi connectivity index (χ3v) is 7.98. The fourth-order valence-corrected chi connectivity index (χ4v) is 5.84. The van der Waals surface area contributed by atoms with Gasteiger partial charge in [0.1, 0.15) is 11.0 Å². The van der Waals surface area contributed by atoms with Crippen LogP contribution < -0.4 is 4.72 Å². The van der Waals surface area contributed by atoms with Crippen molar-refractivity contribution in [3.05, 3.63) is 66.4 Å². The molecule has 1 N–H and O–H groups in total. The molecule has 0 spiro atoms. The van der Waals surface area contributed by atoms with Crippen molar-refractivity contribution in [1.82, 2.24) is 14.8 Å². The average Bonchev–Trinajstić information content (AvgIpc) is 3.41. The van der Waals surface area contributed by atoms with Crippen molar-refractivity contribution in [1.29, 1.82) is 0 Å². The molecule has 2 atom stereocenters. The Morgan fingerprint density at radius 1 is 1.08 bits per heavy atom. The number of pyridine rings is 1. The summed E-state index contributed by atoms with van der Waals surface area (Å²) in [5.41, 5.74) is 1.15. The highest BCUT2D eigenvalue weighted by atomic mass is 32.2. The number of piperazine rings is 1. The Hall–Kier alpha value is -3.70. The second-order valence-corrected chi connectivity index (χ2v) is 10.8. The van der Waals surface area contributed by atoms with Crippen molar-refractivity contribution in [2.24, 2.45) is 0 Å². The molecule has 0 radical (unpaired) electrons. The molecule has 11 heteroatoms. The smallest absolute Gasteiger partial charge is 0.410 e. The van der Waals surface area contributed by atoms with Crippen LogP contribution in [0.3, 0.4) is 0 Å². The molecule has 3 aromatic rings. The predicted molar refractivity (Wildman–Crippen MR) is 137 cm³/mol. The molecular weight excluding hydrogens is 496 g/mol. The molecule has 3 heterocycles. The van der Waals surface area contributed by atoms with Gasteiger partial charge in [-0.1, -0.05) is 18.2 Å². The van der Waals surface area contributed by atoms with Gasteiger partial charge in [-0.15, -0.1) is 0 Å². The predicted octanol–water partition coefficient (Wildman–Crippen LogP) is 3.11. The first-order valence-corrected chi connectivity index (χ1v) is 13.6. The highest BCUT2D eigenvalue weighted by molar-refractivity contribution is 7.93. The Morgan fingerprint density at radius 2 is 1.86 bits per heavy atom. The number of sulfonamides is 1. The van der Waals surface area contributed by atoms with Crippen LogP contribution in [-0.4, -0.2) is 80.2 Å². The van der Waals surface area contributed by atoms with Crippen molar-refractivity contribution in [2.75, 3.05) is 37.6 Å². The van der Waals surface area contributed by atoms with Gasteiger partial charge in [0.2, 0.25) is 0 Å². The number of fused-ring (bicyclic) bond motifs is 1. The van der Waals surface area contributed by atoms with Crippen molar-refractivity contribution in [2.45, 2.75) is 30.4 Å². The van der Waals surface area contributed by atoms with E-state index in [4.69, 9.17) is 9.47 Å². The third kappa shape index (κ3) is 5.37. The molecule has 37 heavy (non-hydrogen) atoms. The first-order chi connectivity index (χ1) is 17.8. The number of hydrogen-bond acceptors (Lipinski definition) is 7. The molecular formula is C26H28N4O6S. The molecule has 2 amide bonds. The maximum Gasteiger partial charge on any atom is 0.410 e. The van der Waals surface area contributed by atoms with E-state index in [0.717, 1.165) is 5.39 Å². The van der Waals surface area contributed by atoms with E-state index in [2.05, 4.69) is 9.71 Å². The lowest BCUT2D eigenvalue weighted by atomic mass is 10.1. The molecule has 2 fully saturated rings. The van der Waals surface area contributed by atoms with E-state index in [1.807, 2.05) is 6.92 Å². The molecule has 194 valence electrons. The second kappa shape index (κ2) is 10.3. The van der Waals surface area contributed by atoms with E-state index in [0.29, 0.717) is 56.0 Å². The highest BCUT2D eigenvalue weighted by Crippen LogP contribution is 2.24. The lowest BCUT2D eigenvalue weighted by Crippen LogP contribution is -2.55. The fourth-order valence-electron chi connectivity index (χ4n) is 4.60. The molecule has 0 aliphatic carbocycles. The first kappa shape index (κ1) is 25.0. The number of hydrogen-bond donors (Lipinski definition) is 1. The molecule has 1 unspecified atom stereocenters. The van der Waals surface area contributed by atoms with Gasteiger partial charge < -0.3 is 19.3 Å². The Morgan fingerprint density at radius 3 is 2.59 bits per heavy atom. The summed E-state index contributed by atoms with van der Waals surface area (Å²) >= 11 is 0. The van der Waals surface area contributed by atoms with Gasteiger partial charge in [0.25, 0.3) is 15.9 Å². The first-order valence-electron chi connectivity index (χ1n) is 12.1. The maximum absolute atomic E-state index is 13.2. The van der Waals surface area contributed by atoms with Gasteiger partial charge >= 0.3 is 6.09 Å². The second-order valence-electron chi connectivity index (χ2n) is 9.18. The van der Waals surface area contributed by atoms with Gasteiger partial charge in [-0.25, -0.2) is 13.2 Å². The number of aromatic nitrogens is 1. The van der Waals surface area contributed by atoms with E-state index in [-0.39, 0.29) is 29.0 Å². The highest BCUT2D eigenvalue weighted by Gasteiger charge is 2.32.